The Kier molecular flexibility index (Phi) is 13.2. The Balaban J connectivity index is 1.59. The van der Waals surface area contributed by atoms with Crippen LogP contribution in [0.1, 0.15) is 50.3 Å². The summed E-state index contributed by atoms with van der Waals surface area (Å²) in [5, 5.41) is 13.0. The van der Waals surface area contributed by atoms with Gasteiger partial charge in [-0.25, -0.2) is 14.5 Å². The highest BCUT2D eigenvalue weighted by Crippen LogP contribution is 2.25. The number of nitrogens with one attached hydrogen (secondary N) is 1. The number of imide groups is 1. The first-order valence-corrected chi connectivity index (χ1v) is 16.7. The normalized spacial score (nSPS) is 16.2. The van der Waals surface area contributed by atoms with Gasteiger partial charge in [0.15, 0.2) is 0 Å². The van der Waals surface area contributed by atoms with Crippen molar-refractivity contribution in [1.82, 2.24) is 15.1 Å². The number of carboxylic acid groups (broad SMARTS) is 1. The third-order valence-electron chi connectivity index (χ3n) is 8.16. The minimum atomic E-state index is -1.61. The third-order valence-corrected chi connectivity index (χ3v) is 8.16. The van der Waals surface area contributed by atoms with Gasteiger partial charge in [0.2, 0.25) is 11.8 Å². The molecule has 1 aliphatic rings. The summed E-state index contributed by atoms with van der Waals surface area (Å²) < 4.78 is 11.4. The molecule has 266 valence electrons. The summed E-state index contributed by atoms with van der Waals surface area (Å²) >= 11 is 0. The summed E-state index contributed by atoms with van der Waals surface area (Å²) in [6, 6.07) is 22.1. The van der Waals surface area contributed by atoms with Crippen molar-refractivity contribution >= 4 is 29.8 Å². The van der Waals surface area contributed by atoms with E-state index in [1.54, 1.807) is 51.1 Å². The van der Waals surface area contributed by atoms with Crippen molar-refractivity contribution in [2.45, 2.75) is 82.8 Å². The van der Waals surface area contributed by atoms with Gasteiger partial charge in [0, 0.05) is 13.0 Å². The number of likely N-dealkylation sites (tertiary alicyclic amines) is 1. The van der Waals surface area contributed by atoms with Gasteiger partial charge in [0.05, 0.1) is 19.3 Å². The van der Waals surface area contributed by atoms with Crippen LogP contribution in [0.2, 0.25) is 0 Å². The lowest BCUT2D eigenvalue weighted by atomic mass is 10.0. The summed E-state index contributed by atoms with van der Waals surface area (Å²) in [4.78, 5) is 70.0. The van der Waals surface area contributed by atoms with E-state index in [1.807, 2.05) is 60.7 Å². The molecule has 0 bridgehead atoms. The molecule has 0 aliphatic carbocycles. The number of hydrogen-bond donors (Lipinski definition) is 3. The Bertz CT molecular complexity index is 1600. The second-order valence-corrected chi connectivity index (χ2v) is 13.3. The standard InChI is InChI=1S/C38H46N4O8/c1-38(2,3)50-37(48)42(32(36(46)47)23-27-16-9-5-10-17-27)35(45)31-20-13-21-41(31)34(44)30(25-49-24-28-18-11-6-12-19-28)40-33(43)29(39)22-26-14-7-4-8-15-26/h4-12,14-19,29-32H,13,20-25,39H2,1-3H3,(H,40,43)(H,46,47)/t29-,30-,31-,32-/m0/s1. The van der Waals surface area contributed by atoms with E-state index >= 15 is 0 Å². The summed E-state index contributed by atoms with van der Waals surface area (Å²) in [6.45, 7) is 4.89. The molecule has 1 saturated heterocycles. The third kappa shape index (κ3) is 10.7. The van der Waals surface area contributed by atoms with Crippen LogP contribution in [0.5, 0.6) is 0 Å². The van der Waals surface area contributed by atoms with E-state index in [2.05, 4.69) is 5.32 Å². The minimum Gasteiger partial charge on any atom is -0.480 e. The number of amides is 4. The van der Waals surface area contributed by atoms with E-state index in [9.17, 15) is 29.1 Å². The first-order valence-electron chi connectivity index (χ1n) is 16.7. The minimum absolute atomic E-state index is 0.134. The molecule has 1 heterocycles. The van der Waals surface area contributed by atoms with Gasteiger partial charge in [-0.1, -0.05) is 91.0 Å². The average Bonchev–Trinajstić information content (AvgIpc) is 3.58. The van der Waals surface area contributed by atoms with Gasteiger partial charge < -0.3 is 30.5 Å². The smallest absolute Gasteiger partial charge is 0.417 e. The van der Waals surface area contributed by atoms with Crippen LogP contribution in [0.25, 0.3) is 0 Å². The molecule has 4 amide bonds. The predicted molar refractivity (Wildman–Crippen MR) is 186 cm³/mol. The Labute approximate surface area is 292 Å². The molecule has 0 saturated carbocycles. The highest BCUT2D eigenvalue weighted by atomic mass is 16.6. The SMILES string of the molecule is CC(C)(C)OC(=O)N(C(=O)[C@@H]1CCCN1C(=O)[C@H](COCc1ccccc1)NC(=O)[C@@H](N)Cc1ccccc1)[C@@H](Cc1ccccc1)C(=O)O. The molecule has 1 aliphatic heterocycles. The van der Waals surface area contributed by atoms with E-state index in [0.717, 1.165) is 11.1 Å². The second-order valence-electron chi connectivity index (χ2n) is 13.3. The van der Waals surface area contributed by atoms with Crippen LogP contribution in [0.4, 0.5) is 4.79 Å². The van der Waals surface area contributed by atoms with Crippen LogP contribution in [-0.2, 0) is 48.1 Å². The van der Waals surface area contributed by atoms with Crippen molar-refractivity contribution in [3.63, 3.8) is 0 Å². The number of nitrogens with two attached hydrogens (primary N) is 1. The van der Waals surface area contributed by atoms with Crippen molar-refractivity contribution in [3.8, 4) is 0 Å². The fourth-order valence-electron chi connectivity index (χ4n) is 5.74. The molecule has 1 fully saturated rings. The summed E-state index contributed by atoms with van der Waals surface area (Å²) in [5.74, 6) is -3.49. The highest BCUT2D eigenvalue weighted by Gasteiger charge is 2.46. The summed E-state index contributed by atoms with van der Waals surface area (Å²) in [7, 11) is 0. The zero-order chi connectivity index (χ0) is 36.3. The zero-order valence-corrected chi connectivity index (χ0v) is 28.7. The molecule has 50 heavy (non-hydrogen) atoms. The van der Waals surface area contributed by atoms with Crippen molar-refractivity contribution in [2.75, 3.05) is 13.2 Å². The molecule has 0 radical (unpaired) electrons. The van der Waals surface area contributed by atoms with Crippen LogP contribution in [0.15, 0.2) is 91.0 Å². The van der Waals surface area contributed by atoms with Gasteiger partial charge in [0.25, 0.3) is 5.91 Å². The Hall–Kier alpha value is -5.07. The number of ether oxygens (including phenoxy) is 2. The molecule has 3 aromatic rings. The number of carbonyl (C=O) groups excluding carboxylic acids is 4. The molecule has 0 aromatic heterocycles. The van der Waals surface area contributed by atoms with Crippen molar-refractivity contribution in [1.29, 1.82) is 0 Å². The van der Waals surface area contributed by atoms with E-state index in [0.29, 0.717) is 16.9 Å². The maximum absolute atomic E-state index is 14.3. The average molecular weight is 687 g/mol. The molecular formula is C38H46N4O8. The maximum Gasteiger partial charge on any atom is 0.417 e. The van der Waals surface area contributed by atoms with Crippen molar-refractivity contribution in [3.05, 3.63) is 108 Å². The Morgan fingerprint density at radius 3 is 1.96 bits per heavy atom. The molecular weight excluding hydrogens is 640 g/mol. The zero-order valence-electron chi connectivity index (χ0n) is 28.7. The molecule has 4 N–H and O–H groups in total. The van der Waals surface area contributed by atoms with Gasteiger partial charge in [0.1, 0.15) is 23.7 Å². The topological polar surface area (TPSA) is 169 Å². The first kappa shape index (κ1) is 37.7. The van der Waals surface area contributed by atoms with Crippen molar-refractivity contribution in [2.24, 2.45) is 5.73 Å². The predicted octanol–water partition coefficient (Wildman–Crippen LogP) is 3.71. The van der Waals surface area contributed by atoms with Crippen LogP contribution in [-0.4, -0.2) is 87.6 Å². The molecule has 12 nitrogen and oxygen atoms in total. The number of rotatable bonds is 14. The fourth-order valence-corrected chi connectivity index (χ4v) is 5.74. The monoisotopic (exact) mass is 686 g/mol. The van der Waals surface area contributed by atoms with E-state index < -0.39 is 59.6 Å². The first-order chi connectivity index (χ1) is 23.8. The number of hydrogen-bond acceptors (Lipinski definition) is 8. The Morgan fingerprint density at radius 1 is 0.880 bits per heavy atom. The highest BCUT2D eigenvalue weighted by molar-refractivity contribution is 6.01. The number of benzene rings is 3. The van der Waals surface area contributed by atoms with Gasteiger partial charge >= 0.3 is 12.1 Å². The lowest BCUT2D eigenvalue weighted by Crippen LogP contribution is -2.60. The lowest BCUT2D eigenvalue weighted by Gasteiger charge is -2.35. The largest absolute Gasteiger partial charge is 0.480 e. The number of carbonyl (C=O) groups is 5. The van der Waals surface area contributed by atoms with E-state index in [4.69, 9.17) is 15.2 Å². The number of carboxylic acids is 1. The van der Waals surface area contributed by atoms with Crippen LogP contribution in [0, 0.1) is 0 Å². The molecule has 4 rings (SSSR count). The summed E-state index contributed by atoms with van der Waals surface area (Å²) in [5.41, 5.74) is 7.49. The second kappa shape index (κ2) is 17.5. The van der Waals surface area contributed by atoms with Crippen LogP contribution in [0.3, 0.4) is 0 Å². The lowest BCUT2D eigenvalue weighted by molar-refractivity contribution is -0.153. The van der Waals surface area contributed by atoms with Gasteiger partial charge in [-0.05, 0) is 56.7 Å². The fraction of sp³-hybridized carbons (Fsp3) is 0.395. The quantitative estimate of drug-likeness (QED) is 0.229. The van der Waals surface area contributed by atoms with Crippen molar-refractivity contribution < 1.29 is 38.6 Å². The number of nitrogens with zero attached hydrogens (tertiary/aromatic N) is 2. The van der Waals surface area contributed by atoms with Gasteiger partial charge in [-0.2, -0.15) is 0 Å². The molecule has 0 spiro atoms. The molecule has 4 atom stereocenters. The summed E-state index contributed by atoms with van der Waals surface area (Å²) in [6.07, 6.45) is -0.507. The number of aliphatic carboxylic acids is 1. The molecule has 0 unspecified atom stereocenters. The van der Waals surface area contributed by atoms with E-state index in [1.165, 1.54) is 4.90 Å². The van der Waals surface area contributed by atoms with Crippen LogP contribution >= 0.6 is 0 Å². The van der Waals surface area contributed by atoms with Gasteiger partial charge in [-0.3, -0.25) is 14.4 Å². The van der Waals surface area contributed by atoms with Gasteiger partial charge in [-0.15, -0.1) is 0 Å². The molecule has 12 heteroatoms. The van der Waals surface area contributed by atoms with Crippen LogP contribution < -0.4 is 11.1 Å². The van der Waals surface area contributed by atoms with E-state index in [-0.39, 0.29) is 39.0 Å². The molecule has 3 aromatic carbocycles. The Morgan fingerprint density at radius 2 is 1.42 bits per heavy atom. The maximum atomic E-state index is 14.3.